The Labute approximate surface area is 185 Å². The van der Waals surface area contributed by atoms with E-state index in [0.29, 0.717) is 30.0 Å². The molecule has 0 spiro atoms. The highest BCUT2D eigenvalue weighted by Crippen LogP contribution is 2.30. The number of carbonyl (C=O) groups is 1. The number of pyridine rings is 1. The SMILES string of the molecule is C=CCO/N=C1/C(=O)N(Cc2nc3ccccc3n2CCCS(C)(=O)=O)c2cnccc21. The van der Waals surface area contributed by atoms with Crippen LogP contribution in [0.1, 0.15) is 17.8 Å². The van der Waals surface area contributed by atoms with Crippen molar-refractivity contribution in [3.8, 4) is 0 Å². The van der Waals surface area contributed by atoms with Gasteiger partial charge in [0.2, 0.25) is 0 Å². The lowest BCUT2D eigenvalue weighted by molar-refractivity contribution is -0.112. The van der Waals surface area contributed by atoms with Gasteiger partial charge in [0.05, 0.1) is 35.2 Å². The van der Waals surface area contributed by atoms with Crippen molar-refractivity contribution >= 4 is 38.2 Å². The molecule has 9 nitrogen and oxygen atoms in total. The molecule has 1 aromatic carbocycles. The van der Waals surface area contributed by atoms with E-state index in [4.69, 9.17) is 9.82 Å². The lowest BCUT2D eigenvalue weighted by Crippen LogP contribution is -2.31. The summed E-state index contributed by atoms with van der Waals surface area (Å²) < 4.78 is 25.2. The smallest absolute Gasteiger partial charge is 0.281 e. The molecule has 0 aliphatic carbocycles. The maximum Gasteiger partial charge on any atom is 0.281 e. The first-order valence-corrected chi connectivity index (χ1v) is 12.1. The first kappa shape index (κ1) is 21.7. The second-order valence-electron chi connectivity index (χ2n) is 7.46. The summed E-state index contributed by atoms with van der Waals surface area (Å²) >= 11 is 0. The molecule has 0 bridgehead atoms. The van der Waals surface area contributed by atoms with Crippen LogP contribution >= 0.6 is 0 Å². The molecule has 166 valence electrons. The van der Waals surface area contributed by atoms with Crippen molar-refractivity contribution in [1.29, 1.82) is 0 Å². The van der Waals surface area contributed by atoms with Gasteiger partial charge in [-0.3, -0.25) is 14.7 Å². The summed E-state index contributed by atoms with van der Waals surface area (Å²) in [6.07, 6.45) is 6.43. The van der Waals surface area contributed by atoms with E-state index in [9.17, 15) is 13.2 Å². The van der Waals surface area contributed by atoms with Gasteiger partial charge in [0.25, 0.3) is 5.91 Å². The Hall–Kier alpha value is -3.53. The van der Waals surface area contributed by atoms with Gasteiger partial charge in [0.15, 0.2) is 5.71 Å². The van der Waals surface area contributed by atoms with Gasteiger partial charge in [-0.15, -0.1) is 0 Å². The molecule has 0 radical (unpaired) electrons. The van der Waals surface area contributed by atoms with Crippen molar-refractivity contribution in [2.75, 3.05) is 23.5 Å². The Bertz CT molecular complexity index is 1310. The van der Waals surface area contributed by atoms with Crippen molar-refractivity contribution in [3.63, 3.8) is 0 Å². The van der Waals surface area contributed by atoms with E-state index in [1.807, 2.05) is 28.8 Å². The minimum atomic E-state index is -3.08. The van der Waals surface area contributed by atoms with Gasteiger partial charge in [-0.05, 0) is 24.6 Å². The Morgan fingerprint density at radius 2 is 2.06 bits per heavy atom. The average molecular weight is 454 g/mol. The Morgan fingerprint density at radius 3 is 2.84 bits per heavy atom. The number of hydrogen-bond donors (Lipinski definition) is 0. The molecular weight excluding hydrogens is 430 g/mol. The number of hydrogen-bond acceptors (Lipinski definition) is 7. The van der Waals surface area contributed by atoms with E-state index < -0.39 is 9.84 Å². The second-order valence-corrected chi connectivity index (χ2v) is 9.72. The van der Waals surface area contributed by atoms with E-state index in [1.54, 1.807) is 29.4 Å². The van der Waals surface area contributed by atoms with Crippen LogP contribution in [-0.2, 0) is 32.6 Å². The highest BCUT2D eigenvalue weighted by atomic mass is 32.2. The van der Waals surface area contributed by atoms with Crippen LogP contribution in [0.15, 0.2) is 60.5 Å². The lowest BCUT2D eigenvalue weighted by Gasteiger charge is -2.17. The number of rotatable bonds is 9. The minimum absolute atomic E-state index is 0.0752. The highest BCUT2D eigenvalue weighted by molar-refractivity contribution is 7.90. The first-order valence-electron chi connectivity index (χ1n) is 10.1. The maximum absolute atomic E-state index is 13.2. The number of fused-ring (bicyclic) bond motifs is 2. The van der Waals surface area contributed by atoms with Gasteiger partial charge in [0.1, 0.15) is 22.3 Å². The summed E-state index contributed by atoms with van der Waals surface area (Å²) in [7, 11) is -3.08. The van der Waals surface area contributed by atoms with E-state index in [2.05, 4.69) is 16.7 Å². The minimum Gasteiger partial charge on any atom is -0.391 e. The van der Waals surface area contributed by atoms with Crippen LogP contribution in [0.3, 0.4) is 0 Å². The number of aromatic nitrogens is 3. The molecule has 32 heavy (non-hydrogen) atoms. The summed E-state index contributed by atoms with van der Waals surface area (Å²) in [5, 5.41) is 4.00. The summed E-state index contributed by atoms with van der Waals surface area (Å²) in [4.78, 5) is 28.8. The molecule has 1 amide bonds. The first-order chi connectivity index (χ1) is 15.4. The van der Waals surface area contributed by atoms with Crippen LogP contribution in [-0.4, -0.2) is 53.2 Å². The Balaban J connectivity index is 1.68. The molecule has 10 heteroatoms. The largest absolute Gasteiger partial charge is 0.391 e. The third-order valence-corrected chi connectivity index (χ3v) is 6.10. The maximum atomic E-state index is 13.2. The molecule has 4 rings (SSSR count). The fourth-order valence-electron chi connectivity index (χ4n) is 3.68. The van der Waals surface area contributed by atoms with E-state index in [-0.39, 0.29) is 30.5 Å². The molecular formula is C22H23N5O4S. The zero-order valence-corrected chi connectivity index (χ0v) is 18.5. The van der Waals surface area contributed by atoms with Crippen LogP contribution in [0.5, 0.6) is 0 Å². The third-order valence-electron chi connectivity index (χ3n) is 5.07. The Morgan fingerprint density at radius 1 is 1.25 bits per heavy atom. The zero-order chi connectivity index (χ0) is 22.7. The van der Waals surface area contributed by atoms with Gasteiger partial charge in [-0.25, -0.2) is 13.4 Å². The molecule has 3 heterocycles. The number of nitrogens with zero attached hydrogens (tertiary/aromatic N) is 5. The molecule has 0 N–H and O–H groups in total. The fraction of sp³-hybridized carbons (Fsp3) is 0.273. The van der Waals surface area contributed by atoms with Gasteiger partial charge in [-0.2, -0.15) is 0 Å². The van der Waals surface area contributed by atoms with Crippen molar-refractivity contribution in [2.45, 2.75) is 19.5 Å². The number of amides is 1. The molecule has 0 unspecified atom stereocenters. The molecule has 2 aromatic heterocycles. The van der Waals surface area contributed by atoms with E-state index in [1.165, 1.54) is 6.26 Å². The van der Waals surface area contributed by atoms with Gasteiger partial charge in [0, 0.05) is 24.6 Å². The molecule has 3 aromatic rings. The zero-order valence-electron chi connectivity index (χ0n) is 17.6. The van der Waals surface area contributed by atoms with Crippen LogP contribution in [0.2, 0.25) is 0 Å². The number of oxime groups is 1. The summed E-state index contributed by atoms with van der Waals surface area (Å²) in [6, 6.07) is 9.34. The van der Waals surface area contributed by atoms with Crippen molar-refractivity contribution in [1.82, 2.24) is 14.5 Å². The molecule has 1 aliphatic heterocycles. The van der Waals surface area contributed by atoms with Crippen LogP contribution < -0.4 is 4.90 Å². The average Bonchev–Trinajstić information content (AvgIpc) is 3.24. The number of carbonyl (C=O) groups excluding carboxylic acids is 1. The summed E-state index contributed by atoms with van der Waals surface area (Å²) in [5.74, 6) is 0.411. The number of aryl methyl sites for hydroxylation is 1. The van der Waals surface area contributed by atoms with Crippen molar-refractivity contribution in [2.24, 2.45) is 5.16 Å². The lowest BCUT2D eigenvalue weighted by atomic mass is 10.2. The van der Waals surface area contributed by atoms with Crippen molar-refractivity contribution < 1.29 is 18.0 Å². The topological polar surface area (TPSA) is 107 Å². The van der Waals surface area contributed by atoms with Gasteiger partial charge in [-0.1, -0.05) is 29.9 Å². The van der Waals surface area contributed by atoms with Crippen LogP contribution in [0, 0.1) is 0 Å². The third kappa shape index (κ3) is 4.40. The van der Waals surface area contributed by atoms with Crippen LogP contribution in [0.4, 0.5) is 5.69 Å². The standard InChI is InChI=1S/C22H23N5O4S/c1-3-12-31-25-21-16-9-10-23-14-19(16)27(22(21)28)15-20-24-17-7-4-5-8-18(17)26(20)11-6-13-32(2,29)30/h3-5,7-10,14H,1,6,11-13,15H2,2H3/b25-21+. The predicted octanol–water partition coefficient (Wildman–Crippen LogP) is 2.32. The number of anilines is 1. The second kappa shape index (κ2) is 8.91. The molecule has 1 aliphatic rings. The Kier molecular flexibility index (Phi) is 6.04. The quantitative estimate of drug-likeness (QED) is 0.280. The summed E-state index contributed by atoms with van der Waals surface area (Å²) in [6.45, 7) is 4.42. The van der Waals surface area contributed by atoms with Crippen LogP contribution in [0.25, 0.3) is 11.0 Å². The van der Waals surface area contributed by atoms with E-state index in [0.717, 1.165) is 11.0 Å². The number of para-hydroxylation sites is 2. The molecule has 0 saturated carbocycles. The number of sulfone groups is 1. The van der Waals surface area contributed by atoms with E-state index >= 15 is 0 Å². The molecule has 0 atom stereocenters. The number of imidazole rings is 1. The predicted molar refractivity (Wildman–Crippen MR) is 122 cm³/mol. The van der Waals surface area contributed by atoms with Gasteiger partial charge < -0.3 is 9.40 Å². The highest BCUT2D eigenvalue weighted by Gasteiger charge is 2.36. The van der Waals surface area contributed by atoms with Gasteiger partial charge >= 0.3 is 0 Å². The van der Waals surface area contributed by atoms with Crippen molar-refractivity contribution in [3.05, 3.63) is 66.8 Å². The summed E-state index contributed by atoms with van der Waals surface area (Å²) in [5.41, 5.74) is 3.12. The number of benzene rings is 1. The normalized spacial score (nSPS) is 14.8. The molecule has 0 saturated heterocycles. The molecule has 0 fully saturated rings. The monoisotopic (exact) mass is 453 g/mol. The fourth-order valence-corrected chi connectivity index (χ4v) is 4.33.